The number of fused-ring (bicyclic) bond motifs is 1. The average molecular weight is 429 g/mol. The maximum Gasteiger partial charge on any atom is 0.339 e. The standard InChI is InChI=1S/C22H24N2O5S/c1-15-9-10-17(30(27,28)24-11-5-2-6-12-24)14-19(15)23-21(25)20-13-16-7-3-4-8-18(16)22(26)29-20/h3-4,7-10,14,20H,2,5-6,11-13H2,1H3,(H,23,25)/t20-/m0/s1. The second-order valence-electron chi connectivity index (χ2n) is 7.69. The molecule has 1 fully saturated rings. The highest BCUT2D eigenvalue weighted by Gasteiger charge is 2.32. The summed E-state index contributed by atoms with van der Waals surface area (Å²) in [5, 5.41) is 2.75. The number of rotatable bonds is 4. The number of nitrogens with one attached hydrogen (secondary N) is 1. The molecule has 1 amide bonds. The van der Waals surface area contributed by atoms with E-state index in [1.807, 2.05) is 6.07 Å². The predicted octanol–water partition coefficient (Wildman–Crippen LogP) is 2.89. The molecular weight excluding hydrogens is 404 g/mol. The number of hydrogen-bond acceptors (Lipinski definition) is 5. The highest BCUT2D eigenvalue weighted by atomic mass is 32.2. The van der Waals surface area contributed by atoms with Crippen LogP contribution in [0.4, 0.5) is 5.69 Å². The van der Waals surface area contributed by atoms with Gasteiger partial charge in [-0.05, 0) is 49.1 Å². The van der Waals surface area contributed by atoms with Crippen LogP contribution in [0.25, 0.3) is 0 Å². The van der Waals surface area contributed by atoms with Crippen LogP contribution >= 0.6 is 0 Å². The van der Waals surface area contributed by atoms with Crippen LogP contribution in [-0.2, 0) is 26.0 Å². The van der Waals surface area contributed by atoms with Crippen LogP contribution in [0.5, 0.6) is 0 Å². The summed E-state index contributed by atoms with van der Waals surface area (Å²) in [7, 11) is -3.61. The van der Waals surface area contributed by atoms with Crippen LogP contribution in [0.1, 0.15) is 40.7 Å². The highest BCUT2D eigenvalue weighted by Crippen LogP contribution is 2.26. The first-order valence-electron chi connectivity index (χ1n) is 10.1. The zero-order valence-electron chi connectivity index (χ0n) is 16.8. The summed E-state index contributed by atoms with van der Waals surface area (Å²) in [6, 6.07) is 11.7. The summed E-state index contributed by atoms with van der Waals surface area (Å²) >= 11 is 0. The number of anilines is 1. The third-order valence-corrected chi connectivity index (χ3v) is 7.50. The Morgan fingerprint density at radius 2 is 1.83 bits per heavy atom. The van der Waals surface area contributed by atoms with E-state index in [9.17, 15) is 18.0 Å². The fourth-order valence-electron chi connectivity index (χ4n) is 3.84. The van der Waals surface area contributed by atoms with Gasteiger partial charge in [0.05, 0.1) is 10.5 Å². The first-order valence-corrected chi connectivity index (χ1v) is 11.5. The summed E-state index contributed by atoms with van der Waals surface area (Å²) in [6.45, 7) is 2.81. The van der Waals surface area contributed by atoms with Crippen molar-refractivity contribution in [1.29, 1.82) is 0 Å². The van der Waals surface area contributed by atoms with E-state index in [4.69, 9.17) is 4.74 Å². The number of carbonyl (C=O) groups is 2. The fourth-order valence-corrected chi connectivity index (χ4v) is 5.39. The second kappa shape index (κ2) is 8.20. The lowest BCUT2D eigenvalue weighted by atomic mass is 9.98. The molecule has 1 saturated heterocycles. The zero-order chi connectivity index (χ0) is 21.3. The maximum absolute atomic E-state index is 13.0. The number of ether oxygens (including phenoxy) is 1. The van der Waals surface area contributed by atoms with Crippen molar-refractivity contribution in [1.82, 2.24) is 4.31 Å². The molecule has 2 aliphatic heterocycles. The van der Waals surface area contributed by atoms with Crippen LogP contribution < -0.4 is 5.32 Å². The van der Waals surface area contributed by atoms with Crippen molar-refractivity contribution in [2.45, 2.75) is 43.6 Å². The number of amides is 1. The van der Waals surface area contributed by atoms with Crippen LogP contribution in [-0.4, -0.2) is 43.8 Å². The Balaban J connectivity index is 1.54. The molecule has 2 aromatic rings. The van der Waals surface area contributed by atoms with Crippen molar-refractivity contribution in [3.05, 3.63) is 59.2 Å². The number of hydrogen-bond donors (Lipinski definition) is 1. The molecule has 2 aromatic carbocycles. The molecule has 1 N–H and O–H groups in total. The van der Waals surface area contributed by atoms with Gasteiger partial charge in [-0.2, -0.15) is 4.31 Å². The van der Waals surface area contributed by atoms with E-state index < -0.39 is 28.0 Å². The molecule has 0 spiro atoms. The SMILES string of the molecule is Cc1ccc(S(=O)(=O)N2CCCCC2)cc1NC(=O)[C@@H]1Cc2ccccc2C(=O)O1. The topological polar surface area (TPSA) is 92.8 Å². The first-order chi connectivity index (χ1) is 14.4. The van der Waals surface area contributed by atoms with Gasteiger partial charge < -0.3 is 10.1 Å². The van der Waals surface area contributed by atoms with E-state index in [0.29, 0.717) is 24.3 Å². The molecule has 30 heavy (non-hydrogen) atoms. The quantitative estimate of drug-likeness (QED) is 0.756. The Kier molecular flexibility index (Phi) is 5.62. The molecule has 0 bridgehead atoms. The molecule has 0 radical (unpaired) electrons. The summed E-state index contributed by atoms with van der Waals surface area (Å²) in [4.78, 5) is 25.1. The smallest absolute Gasteiger partial charge is 0.339 e. The largest absolute Gasteiger partial charge is 0.448 e. The van der Waals surface area contributed by atoms with E-state index >= 15 is 0 Å². The Morgan fingerprint density at radius 3 is 2.60 bits per heavy atom. The van der Waals surface area contributed by atoms with Gasteiger partial charge >= 0.3 is 5.97 Å². The number of benzene rings is 2. The third-order valence-electron chi connectivity index (χ3n) is 5.60. The van der Waals surface area contributed by atoms with Crippen LogP contribution in [0, 0.1) is 6.92 Å². The van der Waals surface area contributed by atoms with E-state index in [0.717, 1.165) is 30.4 Å². The normalized spacial score (nSPS) is 19.6. The maximum atomic E-state index is 13.0. The van der Waals surface area contributed by atoms with Gasteiger partial charge in [0.25, 0.3) is 5.91 Å². The Hall–Kier alpha value is -2.71. The van der Waals surface area contributed by atoms with Crippen LogP contribution in [0.2, 0.25) is 0 Å². The number of piperidine rings is 1. The van der Waals surface area contributed by atoms with E-state index in [1.54, 1.807) is 37.3 Å². The zero-order valence-corrected chi connectivity index (χ0v) is 17.6. The predicted molar refractivity (Wildman–Crippen MR) is 112 cm³/mol. The minimum Gasteiger partial charge on any atom is -0.448 e. The fraction of sp³-hybridized carbons (Fsp3) is 0.364. The minimum absolute atomic E-state index is 0.149. The molecule has 0 unspecified atom stereocenters. The third kappa shape index (κ3) is 3.97. The molecule has 4 rings (SSSR count). The number of carbonyl (C=O) groups excluding carboxylic acids is 2. The monoisotopic (exact) mass is 428 g/mol. The molecular formula is C22H24N2O5S. The van der Waals surface area contributed by atoms with Gasteiger partial charge in [-0.1, -0.05) is 30.7 Å². The van der Waals surface area contributed by atoms with Crippen LogP contribution in [0.3, 0.4) is 0 Å². The summed E-state index contributed by atoms with van der Waals surface area (Å²) in [5.41, 5.74) is 2.34. The lowest BCUT2D eigenvalue weighted by molar-refractivity contribution is -0.125. The van der Waals surface area contributed by atoms with Crippen molar-refractivity contribution in [3.8, 4) is 0 Å². The molecule has 158 valence electrons. The Bertz CT molecular complexity index is 1090. The molecule has 7 nitrogen and oxygen atoms in total. The van der Waals surface area contributed by atoms with Crippen LogP contribution in [0.15, 0.2) is 47.4 Å². The first kappa shape index (κ1) is 20.6. The summed E-state index contributed by atoms with van der Waals surface area (Å²) < 4.78 is 32.7. The number of aryl methyl sites for hydroxylation is 1. The highest BCUT2D eigenvalue weighted by molar-refractivity contribution is 7.89. The lowest BCUT2D eigenvalue weighted by Crippen LogP contribution is -2.38. The molecule has 2 aliphatic rings. The van der Waals surface area contributed by atoms with Crippen molar-refractivity contribution < 1.29 is 22.7 Å². The lowest BCUT2D eigenvalue weighted by Gasteiger charge is -2.26. The minimum atomic E-state index is -3.61. The number of sulfonamides is 1. The Morgan fingerprint density at radius 1 is 1.10 bits per heavy atom. The molecule has 0 saturated carbocycles. The van der Waals surface area contributed by atoms with Gasteiger partial charge in [-0.3, -0.25) is 4.79 Å². The molecule has 8 heteroatoms. The second-order valence-corrected chi connectivity index (χ2v) is 9.62. The van der Waals surface area contributed by atoms with Crippen molar-refractivity contribution in [3.63, 3.8) is 0 Å². The molecule has 0 aliphatic carbocycles. The van der Waals surface area contributed by atoms with Gasteiger partial charge in [0.15, 0.2) is 6.10 Å². The van der Waals surface area contributed by atoms with Gasteiger partial charge in [0, 0.05) is 25.2 Å². The number of cyclic esters (lactones) is 1. The van der Waals surface area contributed by atoms with Gasteiger partial charge in [0.2, 0.25) is 10.0 Å². The van der Waals surface area contributed by atoms with Crippen molar-refractivity contribution in [2.24, 2.45) is 0 Å². The van der Waals surface area contributed by atoms with E-state index in [2.05, 4.69) is 5.32 Å². The summed E-state index contributed by atoms with van der Waals surface area (Å²) in [6.07, 6.45) is 2.05. The van der Waals surface area contributed by atoms with Gasteiger partial charge in [-0.15, -0.1) is 0 Å². The van der Waals surface area contributed by atoms with E-state index in [-0.39, 0.29) is 11.3 Å². The molecule has 2 heterocycles. The van der Waals surface area contributed by atoms with Crippen molar-refractivity contribution in [2.75, 3.05) is 18.4 Å². The Labute approximate surface area is 176 Å². The average Bonchev–Trinajstić information content (AvgIpc) is 2.75. The van der Waals surface area contributed by atoms with Crippen molar-refractivity contribution >= 4 is 27.6 Å². The van der Waals surface area contributed by atoms with Gasteiger partial charge in [0.1, 0.15) is 0 Å². The molecule has 0 aromatic heterocycles. The number of esters is 1. The number of nitrogens with zero attached hydrogens (tertiary/aromatic N) is 1. The molecule has 1 atom stereocenters. The van der Waals surface area contributed by atoms with E-state index in [1.165, 1.54) is 10.4 Å². The van der Waals surface area contributed by atoms with Gasteiger partial charge in [-0.25, -0.2) is 13.2 Å². The summed E-state index contributed by atoms with van der Waals surface area (Å²) in [5.74, 6) is -1.01.